The van der Waals surface area contributed by atoms with E-state index in [1.807, 2.05) is 11.7 Å². The zero-order chi connectivity index (χ0) is 10.5. The fourth-order valence-corrected chi connectivity index (χ4v) is 2.82. The molecular formula is C11H18N2OS. The summed E-state index contributed by atoms with van der Waals surface area (Å²) in [5, 5.41) is 3.41. The van der Waals surface area contributed by atoms with Crippen LogP contribution in [0.2, 0.25) is 0 Å². The molecular weight excluding hydrogens is 208 g/mol. The quantitative estimate of drug-likeness (QED) is 0.855. The predicted octanol–water partition coefficient (Wildman–Crippen LogP) is 2.22. The van der Waals surface area contributed by atoms with Crippen molar-refractivity contribution in [2.75, 3.05) is 19.7 Å². The Kier molecular flexibility index (Phi) is 4.11. The van der Waals surface area contributed by atoms with Crippen LogP contribution in [0.25, 0.3) is 0 Å². The van der Waals surface area contributed by atoms with Gasteiger partial charge in [0.05, 0.1) is 16.5 Å². The van der Waals surface area contributed by atoms with Crippen LogP contribution in [0.1, 0.15) is 30.7 Å². The molecule has 1 aromatic heterocycles. The highest BCUT2D eigenvalue weighted by atomic mass is 32.1. The van der Waals surface area contributed by atoms with Gasteiger partial charge in [0.1, 0.15) is 0 Å². The fourth-order valence-electron chi connectivity index (χ4n) is 2.06. The average Bonchev–Trinajstić information content (AvgIpc) is 2.80. The lowest BCUT2D eigenvalue weighted by atomic mass is 9.93. The maximum atomic E-state index is 5.86. The summed E-state index contributed by atoms with van der Waals surface area (Å²) < 4.78 is 5.86. The molecule has 1 aliphatic heterocycles. The van der Waals surface area contributed by atoms with Crippen LogP contribution in [-0.4, -0.2) is 24.7 Å². The van der Waals surface area contributed by atoms with Gasteiger partial charge in [-0.15, -0.1) is 11.3 Å². The third-order valence-corrected chi connectivity index (χ3v) is 3.67. The Bertz CT molecular complexity index is 276. The van der Waals surface area contributed by atoms with E-state index in [1.165, 1.54) is 17.7 Å². The average molecular weight is 226 g/mol. The van der Waals surface area contributed by atoms with E-state index in [0.717, 1.165) is 19.7 Å². The maximum Gasteiger partial charge on any atom is 0.0972 e. The molecule has 1 fully saturated rings. The van der Waals surface area contributed by atoms with Crippen molar-refractivity contribution >= 4 is 11.3 Å². The molecule has 1 aromatic rings. The summed E-state index contributed by atoms with van der Waals surface area (Å²) in [5.74, 6) is 0.610. The minimum atomic E-state index is 0.269. The normalized spacial score (nSPS) is 26.7. The zero-order valence-corrected chi connectivity index (χ0v) is 9.93. The Morgan fingerprint density at radius 1 is 1.67 bits per heavy atom. The van der Waals surface area contributed by atoms with E-state index in [-0.39, 0.29) is 6.10 Å². The first-order valence-electron chi connectivity index (χ1n) is 5.62. The maximum absolute atomic E-state index is 5.86. The standard InChI is InChI=1S/C11H18N2OS/c1-2-12-6-9-4-3-5-14-11(9)10-7-13-8-15-10/h7-9,11-12H,2-6H2,1H3. The first-order chi connectivity index (χ1) is 7.42. The summed E-state index contributed by atoms with van der Waals surface area (Å²) in [7, 11) is 0. The van der Waals surface area contributed by atoms with Crippen LogP contribution >= 0.6 is 11.3 Å². The van der Waals surface area contributed by atoms with Crippen LogP contribution in [0.4, 0.5) is 0 Å². The van der Waals surface area contributed by atoms with Gasteiger partial charge in [0.15, 0.2) is 0 Å². The van der Waals surface area contributed by atoms with Gasteiger partial charge in [-0.1, -0.05) is 6.92 Å². The third kappa shape index (κ3) is 2.77. The minimum absolute atomic E-state index is 0.269. The minimum Gasteiger partial charge on any atom is -0.372 e. The van der Waals surface area contributed by atoms with Gasteiger partial charge in [-0.05, 0) is 19.4 Å². The number of aromatic nitrogens is 1. The van der Waals surface area contributed by atoms with Gasteiger partial charge in [-0.3, -0.25) is 4.98 Å². The van der Waals surface area contributed by atoms with Crippen molar-refractivity contribution < 1.29 is 4.74 Å². The molecule has 3 nitrogen and oxygen atoms in total. The molecule has 1 saturated heterocycles. The lowest BCUT2D eigenvalue weighted by molar-refractivity contribution is -0.0255. The highest BCUT2D eigenvalue weighted by molar-refractivity contribution is 7.09. The van der Waals surface area contributed by atoms with Crippen molar-refractivity contribution in [1.29, 1.82) is 0 Å². The smallest absolute Gasteiger partial charge is 0.0972 e. The van der Waals surface area contributed by atoms with Crippen LogP contribution in [-0.2, 0) is 4.74 Å². The molecule has 4 heteroatoms. The van der Waals surface area contributed by atoms with E-state index in [0.29, 0.717) is 5.92 Å². The Labute approximate surface area is 94.9 Å². The van der Waals surface area contributed by atoms with E-state index in [9.17, 15) is 0 Å². The first-order valence-corrected chi connectivity index (χ1v) is 6.50. The molecule has 2 atom stereocenters. The van der Waals surface area contributed by atoms with Crippen molar-refractivity contribution in [2.24, 2.45) is 5.92 Å². The van der Waals surface area contributed by atoms with Crippen LogP contribution in [0.5, 0.6) is 0 Å². The Morgan fingerprint density at radius 3 is 3.33 bits per heavy atom. The van der Waals surface area contributed by atoms with Gasteiger partial charge in [-0.25, -0.2) is 0 Å². The van der Waals surface area contributed by atoms with Gasteiger partial charge in [0, 0.05) is 25.3 Å². The molecule has 0 aromatic carbocycles. The van der Waals surface area contributed by atoms with Crippen molar-refractivity contribution in [3.05, 3.63) is 16.6 Å². The Hall–Kier alpha value is -0.450. The zero-order valence-electron chi connectivity index (χ0n) is 9.11. The highest BCUT2D eigenvalue weighted by Crippen LogP contribution is 2.34. The second-order valence-electron chi connectivity index (χ2n) is 3.91. The van der Waals surface area contributed by atoms with Gasteiger partial charge in [0.2, 0.25) is 0 Å². The van der Waals surface area contributed by atoms with Crippen LogP contribution in [0.3, 0.4) is 0 Å². The number of hydrogen-bond acceptors (Lipinski definition) is 4. The van der Waals surface area contributed by atoms with E-state index < -0.39 is 0 Å². The van der Waals surface area contributed by atoms with E-state index in [1.54, 1.807) is 11.3 Å². The molecule has 2 rings (SSSR count). The third-order valence-electron chi connectivity index (χ3n) is 2.83. The molecule has 0 aliphatic carbocycles. The van der Waals surface area contributed by atoms with Gasteiger partial charge in [-0.2, -0.15) is 0 Å². The molecule has 0 saturated carbocycles. The predicted molar refractivity (Wildman–Crippen MR) is 62.1 cm³/mol. The number of nitrogens with one attached hydrogen (secondary N) is 1. The topological polar surface area (TPSA) is 34.1 Å². The molecule has 2 heterocycles. The molecule has 0 spiro atoms. The molecule has 1 N–H and O–H groups in total. The van der Waals surface area contributed by atoms with Gasteiger partial charge in [0.25, 0.3) is 0 Å². The summed E-state index contributed by atoms with van der Waals surface area (Å²) in [6.45, 7) is 5.13. The number of rotatable bonds is 4. The lowest BCUT2D eigenvalue weighted by Crippen LogP contribution is -2.31. The number of nitrogens with zero attached hydrogens (tertiary/aromatic N) is 1. The molecule has 0 radical (unpaired) electrons. The van der Waals surface area contributed by atoms with Gasteiger partial charge < -0.3 is 10.1 Å². The summed E-state index contributed by atoms with van der Waals surface area (Å²) in [6, 6.07) is 0. The summed E-state index contributed by atoms with van der Waals surface area (Å²) >= 11 is 1.70. The number of ether oxygens (including phenoxy) is 1. The second kappa shape index (κ2) is 5.58. The first kappa shape index (κ1) is 11.0. The molecule has 84 valence electrons. The molecule has 2 unspecified atom stereocenters. The second-order valence-corrected chi connectivity index (χ2v) is 4.82. The highest BCUT2D eigenvalue weighted by Gasteiger charge is 2.27. The van der Waals surface area contributed by atoms with Crippen molar-refractivity contribution in [3.63, 3.8) is 0 Å². The summed E-state index contributed by atoms with van der Waals surface area (Å²) in [6.07, 6.45) is 4.66. The molecule has 15 heavy (non-hydrogen) atoms. The number of thiazole rings is 1. The van der Waals surface area contributed by atoms with Crippen LogP contribution < -0.4 is 5.32 Å². The fraction of sp³-hybridized carbons (Fsp3) is 0.727. The van der Waals surface area contributed by atoms with E-state index in [4.69, 9.17) is 4.74 Å². The largest absolute Gasteiger partial charge is 0.372 e. The SMILES string of the molecule is CCNCC1CCCOC1c1cncs1. The summed E-state index contributed by atoms with van der Waals surface area (Å²) in [5.41, 5.74) is 1.89. The van der Waals surface area contributed by atoms with Crippen LogP contribution in [0, 0.1) is 5.92 Å². The Morgan fingerprint density at radius 2 is 2.60 bits per heavy atom. The lowest BCUT2D eigenvalue weighted by Gasteiger charge is -2.31. The van der Waals surface area contributed by atoms with Crippen molar-refractivity contribution in [2.45, 2.75) is 25.9 Å². The summed E-state index contributed by atoms with van der Waals surface area (Å²) in [4.78, 5) is 5.41. The number of hydrogen-bond donors (Lipinski definition) is 1. The Balaban J connectivity index is 1.99. The van der Waals surface area contributed by atoms with Crippen molar-refractivity contribution in [1.82, 2.24) is 10.3 Å². The van der Waals surface area contributed by atoms with E-state index in [2.05, 4.69) is 17.2 Å². The molecule has 1 aliphatic rings. The van der Waals surface area contributed by atoms with E-state index >= 15 is 0 Å². The monoisotopic (exact) mass is 226 g/mol. The molecule has 0 bridgehead atoms. The van der Waals surface area contributed by atoms with Crippen LogP contribution in [0.15, 0.2) is 11.7 Å². The van der Waals surface area contributed by atoms with Crippen molar-refractivity contribution in [3.8, 4) is 0 Å². The van der Waals surface area contributed by atoms with Gasteiger partial charge >= 0.3 is 0 Å². The molecule has 0 amide bonds.